The number of aromatic nitrogens is 2. The van der Waals surface area contributed by atoms with Crippen LogP contribution in [0.1, 0.15) is 19.8 Å². The second-order valence-electron chi connectivity index (χ2n) is 6.28. The fourth-order valence-corrected chi connectivity index (χ4v) is 3.87. The van der Waals surface area contributed by atoms with E-state index in [0.717, 1.165) is 0 Å². The van der Waals surface area contributed by atoms with Crippen LogP contribution < -0.4 is 0 Å². The first-order chi connectivity index (χ1) is 13.0. The normalized spacial score (nSPS) is 17.5. The van der Waals surface area contributed by atoms with Crippen molar-refractivity contribution in [2.75, 3.05) is 19.7 Å². The molecule has 6 nitrogen and oxygen atoms in total. The fourth-order valence-electron chi connectivity index (χ4n) is 3.27. The van der Waals surface area contributed by atoms with Gasteiger partial charge in [-0.25, -0.2) is 4.98 Å². The number of carbonyl (C=O) groups excluding carboxylic acids is 2. The van der Waals surface area contributed by atoms with Crippen molar-refractivity contribution < 1.29 is 23.1 Å². The van der Waals surface area contributed by atoms with Gasteiger partial charge >= 0.3 is 5.97 Å². The second-order valence-corrected chi connectivity index (χ2v) is 7.24. The Morgan fingerprint density at radius 1 is 1.37 bits per heavy atom. The second kappa shape index (κ2) is 8.69. The number of fused-ring (bicyclic) bond motifs is 1. The highest BCUT2D eigenvalue weighted by atomic mass is 32.2. The van der Waals surface area contributed by atoms with Crippen molar-refractivity contribution in [3.63, 3.8) is 0 Å². The predicted molar refractivity (Wildman–Crippen MR) is 97.5 cm³/mol. The quantitative estimate of drug-likeness (QED) is 0.553. The molecule has 1 fully saturated rings. The van der Waals surface area contributed by atoms with Gasteiger partial charge in [-0.05, 0) is 43.7 Å². The first kappa shape index (κ1) is 19.6. The van der Waals surface area contributed by atoms with E-state index in [1.807, 2.05) is 0 Å². The maximum absolute atomic E-state index is 12.9. The van der Waals surface area contributed by atoms with Crippen molar-refractivity contribution in [3.05, 3.63) is 24.3 Å². The molecule has 2 aromatic rings. The SMILES string of the molecule is CCOC(=O)[C@@H]1CCCN(C(=O)Cn2c(SC(F)F)nc3ccccc32)C1. The lowest BCUT2D eigenvalue weighted by atomic mass is 9.98. The Bertz CT molecular complexity index is 827. The Hall–Kier alpha value is -2.16. The minimum absolute atomic E-state index is 0.0922. The van der Waals surface area contributed by atoms with E-state index in [2.05, 4.69) is 4.98 Å². The third-order valence-corrected chi connectivity index (χ3v) is 5.20. The van der Waals surface area contributed by atoms with Crippen molar-refractivity contribution in [2.45, 2.75) is 37.2 Å². The van der Waals surface area contributed by atoms with E-state index < -0.39 is 5.76 Å². The summed E-state index contributed by atoms with van der Waals surface area (Å²) in [6, 6.07) is 7.03. The minimum atomic E-state index is -2.63. The van der Waals surface area contributed by atoms with Crippen LogP contribution in [0.5, 0.6) is 0 Å². The molecule has 9 heteroatoms. The van der Waals surface area contributed by atoms with Gasteiger partial charge < -0.3 is 14.2 Å². The van der Waals surface area contributed by atoms with E-state index in [1.54, 1.807) is 36.1 Å². The molecule has 1 aliphatic heterocycles. The van der Waals surface area contributed by atoms with Crippen LogP contribution in [0.4, 0.5) is 8.78 Å². The zero-order valence-electron chi connectivity index (χ0n) is 14.9. The number of imidazole rings is 1. The maximum atomic E-state index is 12.9. The number of amides is 1. The molecule has 0 saturated carbocycles. The Kier molecular flexibility index (Phi) is 6.30. The molecule has 1 atom stereocenters. The molecule has 0 radical (unpaired) electrons. The molecular formula is C18H21F2N3O3S. The number of hydrogen-bond donors (Lipinski definition) is 0. The topological polar surface area (TPSA) is 64.4 Å². The monoisotopic (exact) mass is 397 g/mol. The highest BCUT2D eigenvalue weighted by molar-refractivity contribution is 7.99. The summed E-state index contributed by atoms with van der Waals surface area (Å²) in [4.78, 5) is 30.6. The first-order valence-electron chi connectivity index (χ1n) is 8.84. The number of ether oxygens (including phenoxy) is 1. The van der Waals surface area contributed by atoms with Gasteiger partial charge in [0.05, 0.1) is 23.6 Å². The molecule has 1 aromatic carbocycles. The Balaban J connectivity index is 1.78. The number of rotatable bonds is 6. The summed E-state index contributed by atoms with van der Waals surface area (Å²) in [5.41, 5.74) is 1.20. The lowest BCUT2D eigenvalue weighted by Gasteiger charge is -2.31. The molecule has 1 amide bonds. The molecule has 0 spiro atoms. The highest BCUT2D eigenvalue weighted by Gasteiger charge is 2.30. The molecule has 0 bridgehead atoms. The van der Waals surface area contributed by atoms with E-state index in [1.165, 1.54) is 4.57 Å². The van der Waals surface area contributed by atoms with Gasteiger partial charge in [-0.1, -0.05) is 12.1 Å². The number of hydrogen-bond acceptors (Lipinski definition) is 5. The number of likely N-dealkylation sites (tertiary alicyclic amines) is 1. The van der Waals surface area contributed by atoms with Crippen molar-refractivity contribution in [1.82, 2.24) is 14.5 Å². The minimum Gasteiger partial charge on any atom is -0.466 e. The van der Waals surface area contributed by atoms with Crippen LogP contribution in [0.15, 0.2) is 29.4 Å². The number of piperidine rings is 1. The molecule has 2 heterocycles. The zero-order chi connectivity index (χ0) is 19.4. The number of thioether (sulfide) groups is 1. The molecule has 1 aliphatic rings. The van der Waals surface area contributed by atoms with Gasteiger partial charge in [-0.15, -0.1) is 0 Å². The number of halogens is 2. The van der Waals surface area contributed by atoms with E-state index in [0.29, 0.717) is 55.3 Å². The van der Waals surface area contributed by atoms with Crippen molar-refractivity contribution >= 4 is 34.7 Å². The van der Waals surface area contributed by atoms with E-state index in [4.69, 9.17) is 4.74 Å². The smallest absolute Gasteiger partial charge is 0.310 e. The van der Waals surface area contributed by atoms with Crippen LogP contribution >= 0.6 is 11.8 Å². The highest BCUT2D eigenvalue weighted by Crippen LogP contribution is 2.29. The molecule has 0 unspecified atom stereocenters. The molecule has 1 saturated heterocycles. The number of para-hydroxylation sites is 2. The molecule has 0 aliphatic carbocycles. The third kappa shape index (κ3) is 4.58. The Labute approximate surface area is 159 Å². The van der Waals surface area contributed by atoms with Crippen LogP contribution in [0.3, 0.4) is 0 Å². The van der Waals surface area contributed by atoms with Gasteiger partial charge in [0.15, 0.2) is 5.16 Å². The Morgan fingerprint density at radius 3 is 2.89 bits per heavy atom. The summed E-state index contributed by atoms with van der Waals surface area (Å²) < 4.78 is 32.4. The molecular weight excluding hydrogens is 376 g/mol. The van der Waals surface area contributed by atoms with Crippen LogP contribution in [0, 0.1) is 5.92 Å². The summed E-state index contributed by atoms with van der Waals surface area (Å²) in [6.07, 6.45) is 1.39. The van der Waals surface area contributed by atoms with Gasteiger partial charge in [-0.3, -0.25) is 9.59 Å². The number of esters is 1. The van der Waals surface area contributed by atoms with E-state index in [-0.39, 0.29) is 29.5 Å². The van der Waals surface area contributed by atoms with Crippen LogP contribution in [0.2, 0.25) is 0 Å². The largest absolute Gasteiger partial charge is 0.466 e. The van der Waals surface area contributed by atoms with Gasteiger partial charge in [0, 0.05) is 13.1 Å². The van der Waals surface area contributed by atoms with E-state index >= 15 is 0 Å². The average Bonchev–Trinajstić information content (AvgIpc) is 2.98. The lowest BCUT2D eigenvalue weighted by molar-refractivity contribution is -0.151. The third-order valence-electron chi connectivity index (χ3n) is 4.50. The summed E-state index contributed by atoms with van der Waals surface area (Å²) >= 11 is 0.325. The number of carbonyl (C=O) groups is 2. The van der Waals surface area contributed by atoms with Gasteiger partial charge in [0.1, 0.15) is 6.54 Å². The number of alkyl halides is 2. The molecule has 146 valence electrons. The van der Waals surface area contributed by atoms with Gasteiger partial charge in [0.25, 0.3) is 5.76 Å². The Morgan fingerprint density at radius 2 is 2.15 bits per heavy atom. The standard InChI is InChI=1S/C18H21F2N3O3S/c1-2-26-16(25)12-6-5-9-22(10-12)15(24)11-23-14-8-4-3-7-13(14)21-18(23)27-17(19)20/h3-4,7-8,12,17H,2,5-6,9-11H2,1H3/t12-/m1/s1. The predicted octanol–water partition coefficient (Wildman–Crippen LogP) is 3.15. The van der Waals surface area contributed by atoms with Crippen LogP contribution in [-0.4, -0.2) is 51.8 Å². The van der Waals surface area contributed by atoms with Crippen LogP contribution in [-0.2, 0) is 20.9 Å². The summed E-state index contributed by atoms with van der Waals surface area (Å²) in [7, 11) is 0. The summed E-state index contributed by atoms with van der Waals surface area (Å²) in [5, 5.41) is 0.110. The average molecular weight is 397 g/mol. The zero-order valence-corrected chi connectivity index (χ0v) is 15.8. The number of nitrogens with zero attached hydrogens (tertiary/aromatic N) is 3. The first-order valence-corrected chi connectivity index (χ1v) is 9.72. The summed E-state index contributed by atoms with van der Waals surface area (Å²) in [5.74, 6) is -3.48. The fraction of sp³-hybridized carbons (Fsp3) is 0.500. The van der Waals surface area contributed by atoms with Crippen molar-refractivity contribution in [1.29, 1.82) is 0 Å². The summed E-state index contributed by atoms with van der Waals surface area (Å²) in [6.45, 7) is 2.79. The van der Waals surface area contributed by atoms with E-state index in [9.17, 15) is 18.4 Å². The number of benzene rings is 1. The molecule has 27 heavy (non-hydrogen) atoms. The van der Waals surface area contributed by atoms with Gasteiger partial charge in [-0.2, -0.15) is 8.78 Å². The maximum Gasteiger partial charge on any atom is 0.310 e. The van der Waals surface area contributed by atoms with Crippen LogP contribution in [0.25, 0.3) is 11.0 Å². The van der Waals surface area contributed by atoms with Gasteiger partial charge in [0.2, 0.25) is 5.91 Å². The lowest BCUT2D eigenvalue weighted by Crippen LogP contribution is -2.44. The molecule has 3 rings (SSSR count). The molecule has 1 aromatic heterocycles. The molecule has 0 N–H and O–H groups in total. The van der Waals surface area contributed by atoms with Crippen molar-refractivity contribution in [2.24, 2.45) is 5.92 Å². The van der Waals surface area contributed by atoms with Crippen molar-refractivity contribution in [3.8, 4) is 0 Å².